The van der Waals surface area contributed by atoms with Crippen LogP contribution in [0, 0.1) is 29.9 Å². The van der Waals surface area contributed by atoms with E-state index in [1.54, 1.807) is 51.1 Å². The van der Waals surface area contributed by atoms with Crippen LogP contribution in [-0.2, 0) is 11.2 Å². The Hall–Kier alpha value is -3.22. The van der Waals surface area contributed by atoms with Crippen LogP contribution in [0.4, 0.5) is 11.4 Å². The van der Waals surface area contributed by atoms with Gasteiger partial charge in [0.2, 0.25) is 0 Å². The summed E-state index contributed by atoms with van der Waals surface area (Å²) in [5, 5.41) is 22.7. The molecule has 2 N–H and O–H groups in total. The van der Waals surface area contributed by atoms with Crippen LogP contribution in [0.1, 0.15) is 34.0 Å². The molecule has 0 fully saturated rings. The predicted molar refractivity (Wildman–Crippen MR) is 97.5 cm³/mol. The second kappa shape index (κ2) is 7.77. The molecule has 7 nitrogen and oxygen atoms in total. The smallest absolute Gasteiger partial charge is 0.306 e. The van der Waals surface area contributed by atoms with Gasteiger partial charge in [-0.2, -0.15) is 0 Å². The highest BCUT2D eigenvalue weighted by molar-refractivity contribution is 6.05. The highest BCUT2D eigenvalue weighted by Crippen LogP contribution is 2.23. The maximum atomic E-state index is 12.5. The van der Waals surface area contributed by atoms with E-state index in [1.165, 1.54) is 6.07 Å². The molecule has 1 amide bonds. The zero-order valence-electron chi connectivity index (χ0n) is 14.8. The maximum Gasteiger partial charge on any atom is 0.306 e. The number of hydrogen-bond acceptors (Lipinski definition) is 4. The minimum Gasteiger partial charge on any atom is -0.481 e. The molecular weight excluding hydrogens is 336 g/mol. The minimum absolute atomic E-state index is 0.0984. The number of aliphatic carboxylic acids is 1. The van der Waals surface area contributed by atoms with Crippen molar-refractivity contribution >= 4 is 23.3 Å². The van der Waals surface area contributed by atoms with E-state index in [-0.39, 0.29) is 11.3 Å². The zero-order chi connectivity index (χ0) is 19.4. The minimum atomic E-state index is -0.862. The molecule has 0 aliphatic carbocycles. The molecule has 7 heteroatoms. The summed E-state index contributed by atoms with van der Waals surface area (Å²) in [5.41, 5.74) is 2.67. The van der Waals surface area contributed by atoms with Crippen LogP contribution in [0.5, 0.6) is 0 Å². The number of aryl methyl sites for hydroxylation is 2. The molecule has 0 radical (unpaired) electrons. The Morgan fingerprint density at radius 2 is 1.77 bits per heavy atom. The van der Waals surface area contributed by atoms with E-state index in [1.807, 2.05) is 0 Å². The van der Waals surface area contributed by atoms with E-state index < -0.39 is 22.7 Å². The second-order valence-electron chi connectivity index (χ2n) is 6.31. The Morgan fingerprint density at radius 3 is 2.31 bits per heavy atom. The number of carbonyl (C=O) groups is 2. The third-order valence-corrected chi connectivity index (χ3v) is 4.16. The van der Waals surface area contributed by atoms with Crippen LogP contribution in [0.15, 0.2) is 36.4 Å². The lowest BCUT2D eigenvalue weighted by molar-refractivity contribution is -0.385. The Kier molecular flexibility index (Phi) is 5.71. The molecule has 0 aliphatic rings. The molecule has 0 aliphatic heterocycles. The number of benzene rings is 2. The lowest BCUT2D eigenvalue weighted by Gasteiger charge is -2.10. The van der Waals surface area contributed by atoms with E-state index in [0.717, 1.165) is 5.56 Å². The summed E-state index contributed by atoms with van der Waals surface area (Å²) in [4.78, 5) is 33.9. The van der Waals surface area contributed by atoms with Gasteiger partial charge in [-0.15, -0.1) is 0 Å². The van der Waals surface area contributed by atoms with Gasteiger partial charge in [-0.3, -0.25) is 19.7 Å². The molecule has 2 rings (SSSR count). The van der Waals surface area contributed by atoms with Crippen molar-refractivity contribution in [2.24, 2.45) is 5.92 Å². The van der Waals surface area contributed by atoms with Crippen molar-refractivity contribution in [1.82, 2.24) is 0 Å². The predicted octanol–water partition coefficient (Wildman–Crippen LogP) is 3.73. The number of nitro benzene ring substituents is 1. The van der Waals surface area contributed by atoms with E-state index in [0.29, 0.717) is 23.2 Å². The number of nitrogens with zero attached hydrogens (tertiary/aromatic N) is 1. The summed E-state index contributed by atoms with van der Waals surface area (Å²) in [6.07, 6.45) is 0.396. The van der Waals surface area contributed by atoms with Crippen molar-refractivity contribution in [3.63, 3.8) is 0 Å². The first-order valence-corrected chi connectivity index (χ1v) is 8.07. The van der Waals surface area contributed by atoms with E-state index in [2.05, 4.69) is 5.32 Å². The number of carboxylic acids is 1. The third-order valence-electron chi connectivity index (χ3n) is 4.16. The number of nitrogens with one attached hydrogen (secondary N) is 1. The van der Waals surface area contributed by atoms with Gasteiger partial charge in [-0.05, 0) is 49.6 Å². The van der Waals surface area contributed by atoms with Crippen LogP contribution in [-0.4, -0.2) is 21.9 Å². The first kappa shape index (κ1) is 19.1. The summed E-state index contributed by atoms with van der Waals surface area (Å²) in [5.74, 6) is -1.79. The summed E-state index contributed by atoms with van der Waals surface area (Å²) in [6, 6.07) is 9.75. The highest BCUT2D eigenvalue weighted by Gasteiger charge is 2.18. The van der Waals surface area contributed by atoms with Crippen molar-refractivity contribution in [2.45, 2.75) is 27.2 Å². The van der Waals surface area contributed by atoms with E-state index in [4.69, 9.17) is 5.11 Å². The standard InChI is InChI=1S/C19H20N2O5/c1-11-8-12(2)17(21(25)26)10-16(11)18(22)20-15-6-4-14(5-7-15)9-13(3)19(23)24/h4-8,10,13H,9H2,1-3H3,(H,20,22)(H,23,24). The Balaban J connectivity index is 2.16. The SMILES string of the molecule is Cc1cc(C)c([N+](=O)[O-])cc1C(=O)Nc1ccc(CC(C)C(=O)O)cc1. The van der Waals surface area contributed by atoms with Gasteiger partial charge in [0.05, 0.1) is 10.8 Å². The van der Waals surface area contributed by atoms with Crippen LogP contribution < -0.4 is 5.32 Å². The molecular formula is C19H20N2O5. The van der Waals surface area contributed by atoms with Crippen molar-refractivity contribution in [3.8, 4) is 0 Å². The number of hydrogen-bond donors (Lipinski definition) is 2. The van der Waals surface area contributed by atoms with Crippen molar-refractivity contribution < 1.29 is 19.6 Å². The first-order chi connectivity index (χ1) is 12.2. The summed E-state index contributed by atoms with van der Waals surface area (Å²) >= 11 is 0. The van der Waals surface area contributed by atoms with Gasteiger partial charge in [0.15, 0.2) is 0 Å². The largest absolute Gasteiger partial charge is 0.481 e. The Bertz CT molecular complexity index is 859. The zero-order valence-corrected chi connectivity index (χ0v) is 14.8. The molecule has 0 saturated carbocycles. The number of rotatable bonds is 6. The summed E-state index contributed by atoms with van der Waals surface area (Å²) in [6.45, 7) is 4.98. The van der Waals surface area contributed by atoms with Gasteiger partial charge in [0, 0.05) is 22.9 Å². The van der Waals surface area contributed by atoms with Crippen molar-refractivity contribution in [2.75, 3.05) is 5.32 Å². The third kappa shape index (κ3) is 4.44. The fraction of sp³-hybridized carbons (Fsp3) is 0.263. The van der Waals surface area contributed by atoms with E-state index >= 15 is 0 Å². The van der Waals surface area contributed by atoms with Crippen LogP contribution in [0.2, 0.25) is 0 Å². The normalized spacial score (nSPS) is 11.7. The monoisotopic (exact) mass is 356 g/mol. The van der Waals surface area contributed by atoms with Gasteiger partial charge in [-0.1, -0.05) is 19.1 Å². The molecule has 1 unspecified atom stereocenters. The maximum absolute atomic E-state index is 12.5. The highest BCUT2D eigenvalue weighted by atomic mass is 16.6. The van der Waals surface area contributed by atoms with Gasteiger partial charge >= 0.3 is 5.97 Å². The van der Waals surface area contributed by atoms with Gasteiger partial charge in [0.1, 0.15) is 0 Å². The van der Waals surface area contributed by atoms with Crippen molar-refractivity contribution in [1.29, 1.82) is 0 Å². The lowest BCUT2D eigenvalue weighted by atomic mass is 10.0. The average Bonchev–Trinajstić information content (AvgIpc) is 2.56. The van der Waals surface area contributed by atoms with Crippen LogP contribution in [0.25, 0.3) is 0 Å². The Labute approximate surface area is 150 Å². The Morgan fingerprint density at radius 1 is 1.15 bits per heavy atom. The van der Waals surface area contributed by atoms with E-state index in [9.17, 15) is 19.7 Å². The van der Waals surface area contributed by atoms with Crippen LogP contribution in [0.3, 0.4) is 0 Å². The summed E-state index contributed by atoms with van der Waals surface area (Å²) < 4.78 is 0. The quantitative estimate of drug-likeness (QED) is 0.605. The molecule has 2 aromatic rings. The molecule has 136 valence electrons. The molecule has 0 bridgehead atoms. The second-order valence-corrected chi connectivity index (χ2v) is 6.31. The number of nitro groups is 1. The van der Waals surface area contributed by atoms with Gasteiger partial charge in [-0.25, -0.2) is 0 Å². The van der Waals surface area contributed by atoms with Crippen LogP contribution >= 0.6 is 0 Å². The fourth-order valence-corrected chi connectivity index (χ4v) is 2.65. The van der Waals surface area contributed by atoms with Gasteiger partial charge < -0.3 is 10.4 Å². The number of carboxylic acid groups (broad SMARTS) is 1. The molecule has 0 aromatic heterocycles. The number of carbonyl (C=O) groups excluding carboxylic acids is 1. The van der Waals surface area contributed by atoms with Crippen molar-refractivity contribution in [3.05, 3.63) is 68.8 Å². The molecule has 1 atom stereocenters. The first-order valence-electron chi connectivity index (χ1n) is 8.07. The summed E-state index contributed by atoms with van der Waals surface area (Å²) in [7, 11) is 0. The fourth-order valence-electron chi connectivity index (χ4n) is 2.65. The number of amides is 1. The molecule has 26 heavy (non-hydrogen) atoms. The lowest BCUT2D eigenvalue weighted by Crippen LogP contribution is -2.14. The van der Waals surface area contributed by atoms with Gasteiger partial charge in [0.25, 0.3) is 11.6 Å². The molecule has 0 spiro atoms. The molecule has 0 heterocycles. The topological polar surface area (TPSA) is 110 Å². The average molecular weight is 356 g/mol. The molecule has 0 saturated heterocycles. The number of anilines is 1. The molecule has 2 aromatic carbocycles.